The van der Waals surface area contributed by atoms with Crippen LogP contribution in [-0.2, 0) is 21.1 Å². The van der Waals surface area contributed by atoms with E-state index in [0.717, 1.165) is 11.1 Å². The monoisotopic (exact) mass is 462 g/mol. The molecule has 1 N–H and O–H groups in total. The van der Waals surface area contributed by atoms with Crippen LogP contribution in [0.5, 0.6) is 11.5 Å². The van der Waals surface area contributed by atoms with E-state index < -0.39 is 5.97 Å². The van der Waals surface area contributed by atoms with E-state index in [1.807, 2.05) is 54.6 Å². The molecule has 0 bridgehead atoms. The zero-order valence-corrected chi connectivity index (χ0v) is 19.0. The van der Waals surface area contributed by atoms with Crippen LogP contribution in [0.15, 0.2) is 89.2 Å². The Labute approximate surface area is 198 Å². The Morgan fingerprint density at radius 1 is 0.735 bits per heavy atom. The molecule has 176 valence electrons. The van der Waals surface area contributed by atoms with Crippen LogP contribution in [-0.4, -0.2) is 43.3 Å². The maximum absolute atomic E-state index is 11.0. The number of aliphatic carboxylic acids is 1. The number of carboxylic acids is 1. The Morgan fingerprint density at radius 2 is 1.29 bits per heavy atom. The van der Waals surface area contributed by atoms with Crippen LogP contribution in [0.1, 0.15) is 23.1 Å². The fraction of sp³-hybridized carbons (Fsp3) is 0.192. The summed E-state index contributed by atoms with van der Waals surface area (Å²) in [6, 6.07) is 24.3. The summed E-state index contributed by atoms with van der Waals surface area (Å²) in [5.74, 6) is 0.376. The topological polar surface area (TPSA) is 98.9 Å². The smallest absolute Gasteiger partial charge is 0.309 e. The Morgan fingerprint density at radius 3 is 1.91 bits per heavy atom. The van der Waals surface area contributed by atoms with E-state index in [4.69, 9.17) is 24.3 Å². The fourth-order valence-electron chi connectivity index (χ4n) is 3.09. The van der Waals surface area contributed by atoms with Gasteiger partial charge in [0.05, 0.1) is 12.1 Å². The van der Waals surface area contributed by atoms with Crippen molar-refractivity contribution in [1.29, 1.82) is 0 Å². The van der Waals surface area contributed by atoms with Gasteiger partial charge in [-0.3, -0.25) is 4.79 Å². The fourth-order valence-corrected chi connectivity index (χ4v) is 3.09. The van der Waals surface area contributed by atoms with Gasteiger partial charge in [-0.25, -0.2) is 0 Å². The first kappa shape index (κ1) is 24.3. The number of carbonyl (C=O) groups is 1. The second-order valence-electron chi connectivity index (χ2n) is 7.12. The minimum Gasteiger partial charge on any atom is -0.489 e. The molecule has 3 aromatic rings. The summed E-state index contributed by atoms with van der Waals surface area (Å²) in [4.78, 5) is 20.7. The standard InChI is InChI=1S/C26H26N2O6/c1-31-27-24(16-26(29)30)21-10-14-23(15-11-21)33-17-19-8-12-22(13-9-19)34-18-25(28-32-2)20-6-4-3-5-7-20/h3-15H,16-18H2,1-2H3,(H,29,30). The lowest BCUT2D eigenvalue weighted by Gasteiger charge is -2.10. The van der Waals surface area contributed by atoms with Crippen LogP contribution < -0.4 is 9.47 Å². The maximum Gasteiger partial charge on any atom is 0.309 e. The molecule has 8 heteroatoms. The summed E-state index contributed by atoms with van der Waals surface area (Å²) in [5, 5.41) is 16.9. The van der Waals surface area contributed by atoms with Crippen molar-refractivity contribution in [2.24, 2.45) is 10.3 Å². The molecule has 8 nitrogen and oxygen atoms in total. The van der Waals surface area contributed by atoms with E-state index in [-0.39, 0.29) is 13.0 Å². The summed E-state index contributed by atoms with van der Waals surface area (Å²) in [6.07, 6.45) is -0.230. The normalized spacial score (nSPS) is 11.6. The van der Waals surface area contributed by atoms with Gasteiger partial charge >= 0.3 is 5.97 Å². The van der Waals surface area contributed by atoms with Crippen molar-refractivity contribution in [2.45, 2.75) is 13.0 Å². The highest BCUT2D eigenvalue weighted by atomic mass is 16.6. The van der Waals surface area contributed by atoms with E-state index >= 15 is 0 Å². The quantitative estimate of drug-likeness (QED) is 0.314. The summed E-state index contributed by atoms with van der Waals surface area (Å²) in [5.41, 5.74) is 3.59. The van der Waals surface area contributed by atoms with Crippen molar-refractivity contribution in [2.75, 3.05) is 20.8 Å². The zero-order chi connectivity index (χ0) is 24.2. The average molecular weight is 463 g/mol. The van der Waals surface area contributed by atoms with E-state index in [9.17, 15) is 4.79 Å². The van der Waals surface area contributed by atoms with Gasteiger partial charge < -0.3 is 24.3 Å². The van der Waals surface area contributed by atoms with Crippen molar-refractivity contribution in [3.05, 3.63) is 95.6 Å². The lowest BCUT2D eigenvalue weighted by molar-refractivity contribution is -0.135. The minimum absolute atomic E-state index is 0.230. The van der Waals surface area contributed by atoms with E-state index in [1.54, 1.807) is 24.3 Å². The highest BCUT2D eigenvalue weighted by molar-refractivity contribution is 6.08. The number of carboxylic acid groups (broad SMARTS) is 1. The summed E-state index contributed by atoms with van der Waals surface area (Å²) < 4.78 is 11.7. The predicted octanol–water partition coefficient (Wildman–Crippen LogP) is 4.52. The molecule has 0 aliphatic carbocycles. The van der Waals surface area contributed by atoms with Crippen molar-refractivity contribution in [3.8, 4) is 11.5 Å². The third-order valence-electron chi connectivity index (χ3n) is 4.72. The first-order chi connectivity index (χ1) is 16.6. The van der Waals surface area contributed by atoms with Crippen LogP contribution in [0.25, 0.3) is 0 Å². The van der Waals surface area contributed by atoms with Crippen molar-refractivity contribution in [3.63, 3.8) is 0 Å². The third-order valence-corrected chi connectivity index (χ3v) is 4.72. The number of hydrogen-bond donors (Lipinski definition) is 1. The first-order valence-corrected chi connectivity index (χ1v) is 10.5. The average Bonchev–Trinajstić information content (AvgIpc) is 2.86. The van der Waals surface area contributed by atoms with Gasteiger partial charge in [0.15, 0.2) is 0 Å². The maximum atomic E-state index is 11.0. The predicted molar refractivity (Wildman–Crippen MR) is 128 cm³/mol. The Hall–Kier alpha value is -4.33. The molecule has 0 aliphatic heterocycles. The van der Waals surface area contributed by atoms with Gasteiger partial charge in [-0.05, 0) is 42.0 Å². The molecule has 3 aromatic carbocycles. The number of benzene rings is 3. The van der Waals surface area contributed by atoms with Crippen LogP contribution in [0.4, 0.5) is 0 Å². The molecule has 34 heavy (non-hydrogen) atoms. The van der Waals surface area contributed by atoms with Gasteiger partial charge in [0.1, 0.15) is 44.6 Å². The molecule has 0 amide bonds. The number of nitrogens with zero attached hydrogens (tertiary/aromatic N) is 2. The Bertz CT molecular complexity index is 1110. The summed E-state index contributed by atoms with van der Waals surface area (Å²) >= 11 is 0. The highest BCUT2D eigenvalue weighted by Gasteiger charge is 2.10. The summed E-state index contributed by atoms with van der Waals surface area (Å²) in [7, 11) is 2.89. The highest BCUT2D eigenvalue weighted by Crippen LogP contribution is 2.18. The molecule has 0 atom stereocenters. The molecule has 0 heterocycles. The second kappa shape index (κ2) is 12.6. The Balaban J connectivity index is 1.54. The largest absolute Gasteiger partial charge is 0.489 e. The molecule has 0 aliphatic rings. The number of ether oxygens (including phenoxy) is 2. The number of hydrogen-bond acceptors (Lipinski definition) is 7. The molecular formula is C26H26N2O6. The van der Waals surface area contributed by atoms with Crippen LogP contribution in [0, 0.1) is 0 Å². The lowest BCUT2D eigenvalue weighted by atomic mass is 10.1. The van der Waals surface area contributed by atoms with Gasteiger partial charge in [-0.1, -0.05) is 52.8 Å². The van der Waals surface area contributed by atoms with Crippen LogP contribution in [0.2, 0.25) is 0 Å². The third kappa shape index (κ3) is 7.37. The number of oxime groups is 2. The van der Waals surface area contributed by atoms with Crippen molar-refractivity contribution < 1.29 is 29.0 Å². The molecule has 0 radical (unpaired) electrons. The Kier molecular flexibility index (Phi) is 9.04. The van der Waals surface area contributed by atoms with Crippen LogP contribution in [0.3, 0.4) is 0 Å². The second-order valence-corrected chi connectivity index (χ2v) is 7.12. The number of rotatable bonds is 12. The molecular weight excluding hydrogens is 436 g/mol. The lowest BCUT2D eigenvalue weighted by Crippen LogP contribution is -2.13. The molecule has 0 saturated carbocycles. The van der Waals surface area contributed by atoms with Crippen LogP contribution >= 0.6 is 0 Å². The summed E-state index contributed by atoms with van der Waals surface area (Å²) in [6.45, 7) is 0.643. The molecule has 0 spiro atoms. The molecule has 0 aromatic heterocycles. The first-order valence-electron chi connectivity index (χ1n) is 10.5. The SMILES string of the molecule is CON=C(COc1ccc(COc2ccc(C(CC(=O)O)=NOC)cc2)cc1)c1ccccc1. The van der Waals surface area contributed by atoms with E-state index in [1.165, 1.54) is 14.2 Å². The van der Waals surface area contributed by atoms with Crippen molar-refractivity contribution in [1.82, 2.24) is 0 Å². The molecule has 0 fully saturated rings. The molecule has 0 saturated heterocycles. The van der Waals surface area contributed by atoms with E-state index in [2.05, 4.69) is 10.3 Å². The molecule has 3 rings (SSSR count). The van der Waals surface area contributed by atoms with Gasteiger partial charge in [-0.2, -0.15) is 0 Å². The van der Waals surface area contributed by atoms with Gasteiger partial charge in [0.2, 0.25) is 0 Å². The molecule has 0 unspecified atom stereocenters. The zero-order valence-electron chi connectivity index (χ0n) is 19.0. The van der Waals surface area contributed by atoms with E-state index in [0.29, 0.717) is 35.1 Å². The minimum atomic E-state index is -0.981. The van der Waals surface area contributed by atoms with Gasteiger partial charge in [0.25, 0.3) is 0 Å². The van der Waals surface area contributed by atoms with Gasteiger partial charge in [-0.15, -0.1) is 0 Å². The van der Waals surface area contributed by atoms with Gasteiger partial charge in [0, 0.05) is 11.1 Å². The van der Waals surface area contributed by atoms with Crippen molar-refractivity contribution >= 4 is 17.4 Å².